The van der Waals surface area contributed by atoms with Crippen LogP contribution in [0.1, 0.15) is 45.2 Å². The monoisotopic (exact) mass is 360 g/mol. The molecule has 0 radical (unpaired) electrons. The Bertz CT molecular complexity index is 564. The molecular formula is C18H27F3N2O2. The number of benzene rings is 1. The maximum atomic E-state index is 12.8. The third-order valence-electron chi connectivity index (χ3n) is 4.08. The first kappa shape index (κ1) is 19.8. The molecule has 0 saturated carbocycles. The highest BCUT2D eigenvalue weighted by Crippen LogP contribution is 2.38. The smallest absolute Gasteiger partial charge is 0.389 e. The third-order valence-corrected chi connectivity index (χ3v) is 4.08. The van der Waals surface area contributed by atoms with Crippen LogP contribution in [0.25, 0.3) is 0 Å². The lowest BCUT2D eigenvalue weighted by Crippen LogP contribution is -2.45. The van der Waals surface area contributed by atoms with Gasteiger partial charge in [-0.3, -0.25) is 4.90 Å². The summed E-state index contributed by atoms with van der Waals surface area (Å²) in [5.41, 5.74) is 0.0676. The van der Waals surface area contributed by atoms with Gasteiger partial charge in [-0.25, -0.2) is 0 Å². The molecule has 1 fully saturated rings. The van der Waals surface area contributed by atoms with Gasteiger partial charge in [0.1, 0.15) is 17.1 Å². The van der Waals surface area contributed by atoms with Crippen LogP contribution in [0.4, 0.5) is 13.2 Å². The van der Waals surface area contributed by atoms with Crippen LogP contribution in [0.5, 0.6) is 11.5 Å². The van der Waals surface area contributed by atoms with Crippen LogP contribution >= 0.6 is 0 Å². The Kier molecular flexibility index (Phi) is 6.21. The zero-order valence-electron chi connectivity index (χ0n) is 15.0. The first-order chi connectivity index (χ1) is 11.6. The molecule has 1 atom stereocenters. The summed E-state index contributed by atoms with van der Waals surface area (Å²) in [5, 5.41) is 13.5. The second-order valence-corrected chi connectivity index (χ2v) is 7.39. The average molecular weight is 360 g/mol. The highest BCUT2D eigenvalue weighted by molar-refractivity contribution is 5.41. The lowest BCUT2D eigenvalue weighted by atomic mass is 9.98. The topological polar surface area (TPSA) is 44.7 Å². The van der Waals surface area contributed by atoms with Crippen LogP contribution in [0, 0.1) is 0 Å². The fourth-order valence-corrected chi connectivity index (χ4v) is 3.05. The average Bonchev–Trinajstić information content (AvgIpc) is 2.49. The van der Waals surface area contributed by atoms with E-state index < -0.39 is 24.2 Å². The van der Waals surface area contributed by atoms with E-state index >= 15 is 0 Å². The Morgan fingerprint density at radius 3 is 2.40 bits per heavy atom. The molecule has 142 valence electrons. The molecule has 0 aromatic heterocycles. The summed E-state index contributed by atoms with van der Waals surface area (Å²) in [6.07, 6.45) is -5.19. The molecular weight excluding hydrogens is 333 g/mol. The van der Waals surface area contributed by atoms with E-state index in [4.69, 9.17) is 4.74 Å². The molecule has 1 aromatic carbocycles. The number of alkyl halides is 3. The summed E-state index contributed by atoms with van der Waals surface area (Å²) in [5.74, 6) is 0.555. The van der Waals surface area contributed by atoms with Gasteiger partial charge in [-0.15, -0.1) is 0 Å². The van der Waals surface area contributed by atoms with Crippen molar-refractivity contribution in [1.82, 2.24) is 10.2 Å². The number of nitrogens with one attached hydrogen (secondary N) is 1. The molecule has 1 saturated heterocycles. The number of rotatable bonds is 5. The van der Waals surface area contributed by atoms with Gasteiger partial charge < -0.3 is 15.2 Å². The van der Waals surface area contributed by atoms with Gasteiger partial charge in [0.15, 0.2) is 0 Å². The normalized spacial score (nSPS) is 18.2. The van der Waals surface area contributed by atoms with Crippen molar-refractivity contribution in [2.45, 2.75) is 51.4 Å². The van der Waals surface area contributed by atoms with Crippen molar-refractivity contribution in [1.29, 1.82) is 0 Å². The van der Waals surface area contributed by atoms with Crippen LogP contribution in [0.2, 0.25) is 0 Å². The highest BCUT2D eigenvalue weighted by atomic mass is 19.4. The van der Waals surface area contributed by atoms with Crippen molar-refractivity contribution in [2.75, 3.05) is 26.2 Å². The van der Waals surface area contributed by atoms with Gasteiger partial charge in [0.05, 0.1) is 0 Å². The van der Waals surface area contributed by atoms with Gasteiger partial charge in [0.2, 0.25) is 0 Å². The van der Waals surface area contributed by atoms with Gasteiger partial charge in [-0.1, -0.05) is 0 Å². The van der Waals surface area contributed by atoms with E-state index in [0.29, 0.717) is 24.4 Å². The second-order valence-electron chi connectivity index (χ2n) is 7.39. The van der Waals surface area contributed by atoms with Crippen molar-refractivity contribution in [2.24, 2.45) is 0 Å². The van der Waals surface area contributed by atoms with E-state index in [9.17, 15) is 18.3 Å². The molecule has 0 bridgehead atoms. The number of ether oxygens (including phenoxy) is 1. The van der Waals surface area contributed by atoms with Crippen LogP contribution in [-0.4, -0.2) is 48.0 Å². The maximum absolute atomic E-state index is 12.8. The standard InChI is InChI=1S/C18H27F3N2O2/c1-17(2,3)25-13-4-5-16(24)14(12-13)15(6-7-18(19,20)21)23-10-8-22-9-11-23/h4-5,12,15,22,24H,6-11H2,1-3H3/t15-/m0/s1. The van der Waals surface area contributed by atoms with E-state index in [1.54, 1.807) is 12.1 Å². The number of nitrogens with zero attached hydrogens (tertiary/aromatic N) is 1. The second kappa shape index (κ2) is 7.83. The van der Waals surface area contributed by atoms with Crippen LogP contribution in [0.15, 0.2) is 18.2 Å². The number of phenolic OH excluding ortho intramolecular Hbond substituents is 1. The molecule has 2 N–H and O–H groups in total. The quantitative estimate of drug-likeness (QED) is 0.837. The largest absolute Gasteiger partial charge is 0.508 e. The number of hydrogen-bond acceptors (Lipinski definition) is 4. The summed E-state index contributed by atoms with van der Waals surface area (Å²) in [7, 11) is 0. The van der Waals surface area contributed by atoms with Gasteiger partial charge in [0.25, 0.3) is 0 Å². The van der Waals surface area contributed by atoms with Crippen molar-refractivity contribution >= 4 is 0 Å². The molecule has 1 aliphatic rings. The molecule has 1 heterocycles. The predicted molar refractivity (Wildman–Crippen MR) is 91.0 cm³/mol. The fourth-order valence-electron chi connectivity index (χ4n) is 3.05. The van der Waals surface area contributed by atoms with Gasteiger partial charge in [0, 0.05) is 44.2 Å². The first-order valence-corrected chi connectivity index (χ1v) is 8.59. The van der Waals surface area contributed by atoms with Crippen LogP contribution in [0.3, 0.4) is 0 Å². The molecule has 0 spiro atoms. The molecule has 0 amide bonds. The number of halogens is 3. The molecule has 1 aliphatic heterocycles. The summed E-state index contributed by atoms with van der Waals surface area (Å²) < 4.78 is 44.2. The molecule has 4 nitrogen and oxygen atoms in total. The highest BCUT2D eigenvalue weighted by Gasteiger charge is 2.32. The molecule has 0 unspecified atom stereocenters. The summed E-state index contributed by atoms with van der Waals surface area (Å²) >= 11 is 0. The van der Waals surface area contributed by atoms with Crippen LogP contribution in [-0.2, 0) is 0 Å². The minimum absolute atomic E-state index is 0.00645. The summed E-state index contributed by atoms with van der Waals surface area (Å²) in [6.45, 7) is 8.44. The first-order valence-electron chi connectivity index (χ1n) is 8.59. The predicted octanol–water partition coefficient (Wildman–Crippen LogP) is 3.86. The van der Waals surface area contributed by atoms with Crippen molar-refractivity contribution < 1.29 is 23.0 Å². The van der Waals surface area contributed by atoms with E-state index in [1.165, 1.54) is 6.07 Å². The van der Waals surface area contributed by atoms with Crippen LogP contribution < -0.4 is 10.1 Å². The summed E-state index contributed by atoms with van der Waals surface area (Å²) in [4.78, 5) is 2.00. The number of hydrogen-bond donors (Lipinski definition) is 2. The van der Waals surface area contributed by atoms with Crippen molar-refractivity contribution in [3.8, 4) is 11.5 Å². The Hall–Kier alpha value is -1.47. The summed E-state index contributed by atoms with van der Waals surface area (Å²) in [6, 6.07) is 4.32. The molecule has 0 aliphatic carbocycles. The zero-order chi connectivity index (χ0) is 18.7. The van der Waals surface area contributed by atoms with E-state index in [2.05, 4.69) is 5.32 Å². The molecule has 2 rings (SSSR count). The molecule has 7 heteroatoms. The Balaban J connectivity index is 2.29. The third kappa shape index (κ3) is 6.40. The lowest BCUT2D eigenvalue weighted by Gasteiger charge is -2.36. The zero-order valence-corrected chi connectivity index (χ0v) is 15.0. The van der Waals surface area contributed by atoms with Gasteiger partial charge >= 0.3 is 6.18 Å². The number of aromatic hydroxyl groups is 1. The van der Waals surface area contributed by atoms with Crippen molar-refractivity contribution in [3.05, 3.63) is 23.8 Å². The van der Waals surface area contributed by atoms with E-state index in [-0.39, 0.29) is 12.2 Å². The van der Waals surface area contributed by atoms with E-state index in [1.807, 2.05) is 25.7 Å². The Labute approximate surface area is 147 Å². The Morgan fingerprint density at radius 2 is 1.84 bits per heavy atom. The van der Waals surface area contributed by atoms with Crippen molar-refractivity contribution in [3.63, 3.8) is 0 Å². The van der Waals surface area contributed by atoms with Gasteiger partial charge in [-0.05, 0) is 45.4 Å². The Morgan fingerprint density at radius 1 is 1.20 bits per heavy atom. The fraction of sp³-hybridized carbons (Fsp3) is 0.667. The van der Waals surface area contributed by atoms with E-state index in [0.717, 1.165) is 13.1 Å². The number of phenols is 1. The molecule has 1 aromatic rings. The minimum atomic E-state index is -4.22. The lowest BCUT2D eigenvalue weighted by molar-refractivity contribution is -0.138. The number of piperazine rings is 1. The van der Waals surface area contributed by atoms with Gasteiger partial charge in [-0.2, -0.15) is 13.2 Å². The maximum Gasteiger partial charge on any atom is 0.389 e. The molecule has 25 heavy (non-hydrogen) atoms. The minimum Gasteiger partial charge on any atom is -0.508 e. The SMILES string of the molecule is CC(C)(C)Oc1ccc(O)c([C@H](CCC(F)(F)F)N2CCNCC2)c1.